The number of ketones is 1. The van der Waals surface area contributed by atoms with Crippen molar-refractivity contribution >= 4 is 29.1 Å². The number of aromatic nitrogens is 3. The lowest BCUT2D eigenvalue weighted by Gasteiger charge is -2.12. The smallest absolute Gasteiger partial charge is 0.196 e. The first kappa shape index (κ1) is 21.9. The minimum atomic E-state index is -0.0519. The van der Waals surface area contributed by atoms with Gasteiger partial charge in [-0.3, -0.25) is 9.36 Å². The van der Waals surface area contributed by atoms with E-state index in [0.29, 0.717) is 33.1 Å². The van der Waals surface area contributed by atoms with Gasteiger partial charge in [0, 0.05) is 5.69 Å². The van der Waals surface area contributed by atoms with Gasteiger partial charge in [0.2, 0.25) is 0 Å². The molecule has 0 aliphatic heterocycles. The fourth-order valence-corrected chi connectivity index (χ4v) is 4.16. The fourth-order valence-electron chi connectivity index (χ4n) is 3.11. The molecule has 32 heavy (non-hydrogen) atoms. The zero-order chi connectivity index (χ0) is 22.3. The van der Waals surface area contributed by atoms with Gasteiger partial charge in [-0.15, -0.1) is 10.2 Å². The second-order valence-electron chi connectivity index (χ2n) is 6.70. The Hall–Kier alpha value is -3.29. The number of thioether (sulfide) groups is 1. The zero-order valence-corrected chi connectivity index (χ0v) is 18.8. The summed E-state index contributed by atoms with van der Waals surface area (Å²) in [7, 11) is 1.55. The number of halogens is 1. The van der Waals surface area contributed by atoms with Crippen LogP contribution >= 0.6 is 23.4 Å². The van der Waals surface area contributed by atoms with E-state index in [0.717, 1.165) is 5.69 Å². The molecule has 162 valence electrons. The molecule has 0 atom stereocenters. The van der Waals surface area contributed by atoms with Crippen LogP contribution in [-0.4, -0.2) is 33.4 Å². The highest BCUT2D eigenvalue weighted by Gasteiger charge is 2.18. The summed E-state index contributed by atoms with van der Waals surface area (Å²) in [4.78, 5) is 12.8. The Morgan fingerprint density at radius 1 is 0.938 bits per heavy atom. The highest BCUT2D eigenvalue weighted by Crippen LogP contribution is 2.27. The lowest BCUT2D eigenvalue weighted by Crippen LogP contribution is -2.08. The summed E-state index contributed by atoms with van der Waals surface area (Å²) in [6, 6.07) is 24.2. The van der Waals surface area contributed by atoms with Gasteiger partial charge in [0.1, 0.15) is 18.1 Å². The number of hydrogen-bond donors (Lipinski definition) is 0. The van der Waals surface area contributed by atoms with Crippen molar-refractivity contribution in [3.8, 4) is 17.2 Å². The largest absolute Gasteiger partial charge is 0.496 e. The maximum atomic E-state index is 12.8. The average molecular weight is 466 g/mol. The van der Waals surface area contributed by atoms with Gasteiger partial charge in [0.15, 0.2) is 16.8 Å². The molecule has 0 N–H and O–H groups in total. The first-order valence-electron chi connectivity index (χ1n) is 9.83. The van der Waals surface area contributed by atoms with Crippen LogP contribution in [0, 0.1) is 0 Å². The van der Waals surface area contributed by atoms with E-state index < -0.39 is 0 Å². The molecule has 6 nitrogen and oxygen atoms in total. The van der Waals surface area contributed by atoms with Crippen molar-refractivity contribution in [2.24, 2.45) is 0 Å². The third-order valence-electron chi connectivity index (χ3n) is 4.65. The van der Waals surface area contributed by atoms with Crippen LogP contribution in [0.1, 0.15) is 16.2 Å². The number of para-hydroxylation sites is 3. The van der Waals surface area contributed by atoms with Gasteiger partial charge >= 0.3 is 0 Å². The standard InChI is InChI=1S/C24H20ClN3O3S/c1-30-21-13-7-5-11-18(21)20(29)16-32-24-27-26-23(28(24)17-9-3-2-4-10-17)15-31-22-14-8-6-12-19(22)25/h2-14H,15-16H2,1H3. The average Bonchev–Trinajstić information content (AvgIpc) is 3.25. The Morgan fingerprint density at radius 3 is 2.38 bits per heavy atom. The van der Waals surface area contributed by atoms with E-state index in [4.69, 9.17) is 21.1 Å². The molecule has 0 saturated carbocycles. The van der Waals surface area contributed by atoms with Gasteiger partial charge in [-0.05, 0) is 36.4 Å². The molecule has 1 aromatic heterocycles. The number of Topliss-reactive ketones (excluding diaryl/α,β-unsaturated/α-hetero) is 1. The highest BCUT2D eigenvalue weighted by atomic mass is 35.5. The summed E-state index contributed by atoms with van der Waals surface area (Å²) in [6.07, 6.45) is 0. The van der Waals surface area contributed by atoms with Crippen molar-refractivity contribution in [2.45, 2.75) is 11.8 Å². The van der Waals surface area contributed by atoms with Gasteiger partial charge in [0.05, 0.1) is 23.4 Å². The first-order chi connectivity index (χ1) is 15.7. The van der Waals surface area contributed by atoms with E-state index >= 15 is 0 Å². The maximum absolute atomic E-state index is 12.8. The Balaban J connectivity index is 1.57. The third-order valence-corrected chi connectivity index (χ3v) is 5.89. The van der Waals surface area contributed by atoms with E-state index in [1.165, 1.54) is 11.8 Å². The van der Waals surface area contributed by atoms with Crippen molar-refractivity contribution in [3.05, 3.63) is 95.3 Å². The first-order valence-corrected chi connectivity index (χ1v) is 11.2. The Labute approximate surface area is 195 Å². The zero-order valence-electron chi connectivity index (χ0n) is 17.3. The van der Waals surface area contributed by atoms with Gasteiger partial charge in [-0.1, -0.05) is 65.8 Å². The van der Waals surface area contributed by atoms with E-state index in [1.807, 2.05) is 59.2 Å². The molecule has 8 heteroatoms. The molecule has 0 spiro atoms. The van der Waals surface area contributed by atoms with Crippen LogP contribution in [0.25, 0.3) is 5.69 Å². The van der Waals surface area contributed by atoms with Crippen LogP contribution in [-0.2, 0) is 6.61 Å². The van der Waals surface area contributed by atoms with Crippen LogP contribution in [0.3, 0.4) is 0 Å². The van der Waals surface area contributed by atoms with Crippen LogP contribution < -0.4 is 9.47 Å². The van der Waals surface area contributed by atoms with Crippen LogP contribution in [0.2, 0.25) is 5.02 Å². The molecular formula is C24H20ClN3O3S. The number of hydrogen-bond acceptors (Lipinski definition) is 6. The number of methoxy groups -OCH3 is 1. The van der Waals surface area contributed by atoms with Crippen molar-refractivity contribution < 1.29 is 14.3 Å². The van der Waals surface area contributed by atoms with Crippen molar-refractivity contribution in [2.75, 3.05) is 12.9 Å². The van der Waals surface area contributed by atoms with Gasteiger partial charge in [-0.2, -0.15) is 0 Å². The Bertz CT molecular complexity index is 1210. The summed E-state index contributed by atoms with van der Waals surface area (Å²) in [5.41, 5.74) is 1.41. The molecule has 0 radical (unpaired) electrons. The summed E-state index contributed by atoms with van der Waals surface area (Å²) in [5, 5.41) is 9.74. The van der Waals surface area contributed by atoms with Crippen LogP contribution in [0.5, 0.6) is 11.5 Å². The van der Waals surface area contributed by atoms with Gasteiger partial charge < -0.3 is 9.47 Å². The number of nitrogens with zero attached hydrogens (tertiary/aromatic N) is 3. The number of carbonyl (C=O) groups excluding carboxylic acids is 1. The lowest BCUT2D eigenvalue weighted by molar-refractivity contribution is 0.101. The predicted molar refractivity (Wildman–Crippen MR) is 125 cm³/mol. The fraction of sp³-hybridized carbons (Fsp3) is 0.125. The van der Waals surface area contributed by atoms with Gasteiger partial charge in [0.25, 0.3) is 0 Å². The molecule has 4 rings (SSSR count). The Kier molecular flexibility index (Phi) is 7.09. The monoisotopic (exact) mass is 465 g/mol. The summed E-state index contributed by atoms with van der Waals surface area (Å²) in [5.74, 6) is 1.86. The SMILES string of the molecule is COc1ccccc1C(=O)CSc1nnc(COc2ccccc2Cl)n1-c1ccccc1. The van der Waals surface area contributed by atoms with E-state index in [-0.39, 0.29) is 18.1 Å². The molecule has 0 aliphatic carbocycles. The molecule has 0 unspecified atom stereocenters. The molecule has 0 aliphatic rings. The third kappa shape index (κ3) is 4.95. The number of benzene rings is 3. The lowest BCUT2D eigenvalue weighted by atomic mass is 10.1. The highest BCUT2D eigenvalue weighted by molar-refractivity contribution is 7.99. The molecule has 3 aromatic carbocycles. The minimum Gasteiger partial charge on any atom is -0.496 e. The second-order valence-corrected chi connectivity index (χ2v) is 8.05. The van der Waals surface area contributed by atoms with Crippen LogP contribution in [0.4, 0.5) is 0 Å². The second kappa shape index (κ2) is 10.3. The van der Waals surface area contributed by atoms with Crippen molar-refractivity contribution in [1.29, 1.82) is 0 Å². The summed E-state index contributed by atoms with van der Waals surface area (Å²) in [6.45, 7) is 0.173. The maximum Gasteiger partial charge on any atom is 0.196 e. The van der Waals surface area contributed by atoms with E-state index in [9.17, 15) is 4.79 Å². The number of ether oxygens (including phenoxy) is 2. The molecule has 4 aromatic rings. The molecule has 0 fully saturated rings. The Morgan fingerprint density at radius 2 is 1.62 bits per heavy atom. The van der Waals surface area contributed by atoms with Crippen LogP contribution in [0.15, 0.2) is 84.0 Å². The topological polar surface area (TPSA) is 66.2 Å². The van der Waals surface area contributed by atoms with E-state index in [1.54, 1.807) is 31.4 Å². The van der Waals surface area contributed by atoms with Crippen molar-refractivity contribution in [3.63, 3.8) is 0 Å². The molecule has 0 saturated heterocycles. The summed E-state index contributed by atoms with van der Waals surface area (Å²) >= 11 is 7.51. The normalized spacial score (nSPS) is 10.7. The predicted octanol–water partition coefficient (Wildman–Crippen LogP) is 5.48. The number of rotatable bonds is 9. The van der Waals surface area contributed by atoms with Gasteiger partial charge in [-0.25, -0.2) is 0 Å². The van der Waals surface area contributed by atoms with Crippen molar-refractivity contribution in [1.82, 2.24) is 14.8 Å². The number of carbonyl (C=O) groups is 1. The minimum absolute atomic E-state index is 0.0519. The molecule has 0 bridgehead atoms. The quantitative estimate of drug-likeness (QED) is 0.241. The molecular weight excluding hydrogens is 446 g/mol. The molecule has 1 heterocycles. The molecule has 0 amide bonds. The summed E-state index contributed by atoms with van der Waals surface area (Å²) < 4.78 is 13.1. The van der Waals surface area contributed by atoms with E-state index in [2.05, 4.69) is 10.2 Å².